The van der Waals surface area contributed by atoms with Crippen LogP contribution in [0.1, 0.15) is 58.3 Å². The minimum absolute atomic E-state index is 0.390. The summed E-state index contributed by atoms with van der Waals surface area (Å²) in [6, 6.07) is 0.596. The van der Waals surface area contributed by atoms with Gasteiger partial charge in [0, 0.05) is 25.6 Å². The highest BCUT2D eigenvalue weighted by molar-refractivity contribution is 5.76. The van der Waals surface area contributed by atoms with Gasteiger partial charge in [0.1, 0.15) is 0 Å². The van der Waals surface area contributed by atoms with E-state index in [0.29, 0.717) is 11.9 Å². The number of fused-ring (bicyclic) bond motifs is 1. The molecule has 0 aromatic carbocycles. The fourth-order valence-corrected chi connectivity index (χ4v) is 3.27. The summed E-state index contributed by atoms with van der Waals surface area (Å²) < 4.78 is 0. The number of unbranched alkanes of at least 4 members (excludes halogenated alkanes) is 5. The molecule has 2 rings (SSSR count). The van der Waals surface area contributed by atoms with E-state index >= 15 is 0 Å². The summed E-state index contributed by atoms with van der Waals surface area (Å²) in [4.78, 5) is 14.2. The standard InChI is InChI=1S/C15H28N2O/c1-2-3-4-5-6-7-8-15(18)17-11-13-9-10-16-14(13)12-17/h13-14,16H,2-12H2,1H3/t13-,14+/m0/s1. The van der Waals surface area contributed by atoms with Crippen LogP contribution in [0.3, 0.4) is 0 Å². The van der Waals surface area contributed by atoms with Gasteiger partial charge in [-0.2, -0.15) is 0 Å². The molecule has 18 heavy (non-hydrogen) atoms. The first-order valence-corrected chi connectivity index (χ1v) is 7.82. The smallest absolute Gasteiger partial charge is 0.222 e. The average molecular weight is 252 g/mol. The van der Waals surface area contributed by atoms with Gasteiger partial charge in [-0.3, -0.25) is 4.79 Å². The molecule has 3 nitrogen and oxygen atoms in total. The third kappa shape index (κ3) is 3.71. The highest BCUT2D eigenvalue weighted by Crippen LogP contribution is 2.25. The number of nitrogens with zero attached hydrogens (tertiary/aromatic N) is 1. The van der Waals surface area contributed by atoms with E-state index in [1.807, 2.05) is 0 Å². The average Bonchev–Trinajstić information content (AvgIpc) is 2.93. The van der Waals surface area contributed by atoms with Crippen LogP contribution in [-0.4, -0.2) is 36.5 Å². The van der Waals surface area contributed by atoms with Gasteiger partial charge in [-0.15, -0.1) is 0 Å². The minimum atomic E-state index is 0.390. The van der Waals surface area contributed by atoms with Crippen molar-refractivity contribution in [2.24, 2.45) is 5.92 Å². The van der Waals surface area contributed by atoms with Gasteiger partial charge in [0.15, 0.2) is 0 Å². The lowest BCUT2D eigenvalue weighted by Crippen LogP contribution is -2.33. The summed E-state index contributed by atoms with van der Waals surface area (Å²) in [5.41, 5.74) is 0. The second-order valence-electron chi connectivity index (χ2n) is 5.93. The molecule has 2 atom stereocenters. The van der Waals surface area contributed by atoms with Gasteiger partial charge in [0.05, 0.1) is 0 Å². The van der Waals surface area contributed by atoms with Crippen molar-refractivity contribution in [2.75, 3.05) is 19.6 Å². The van der Waals surface area contributed by atoms with Crippen LogP contribution >= 0.6 is 0 Å². The van der Waals surface area contributed by atoms with Crippen LogP contribution in [-0.2, 0) is 4.79 Å². The Hall–Kier alpha value is -0.570. The summed E-state index contributed by atoms with van der Waals surface area (Å²) in [6.45, 7) is 5.35. The Kier molecular flexibility index (Phi) is 5.48. The largest absolute Gasteiger partial charge is 0.341 e. The molecule has 0 spiro atoms. The third-order valence-corrected chi connectivity index (χ3v) is 4.46. The highest BCUT2D eigenvalue weighted by Gasteiger charge is 2.37. The molecular weight excluding hydrogens is 224 g/mol. The molecular formula is C15H28N2O. The number of hydrogen-bond acceptors (Lipinski definition) is 2. The van der Waals surface area contributed by atoms with E-state index in [1.54, 1.807) is 0 Å². The molecule has 2 heterocycles. The lowest BCUT2D eigenvalue weighted by Gasteiger charge is -2.17. The number of carbonyl (C=O) groups excluding carboxylic acids is 1. The Morgan fingerprint density at radius 2 is 1.94 bits per heavy atom. The maximum absolute atomic E-state index is 12.1. The molecule has 0 bridgehead atoms. The first-order valence-electron chi connectivity index (χ1n) is 7.82. The number of nitrogens with one attached hydrogen (secondary N) is 1. The van der Waals surface area contributed by atoms with Crippen molar-refractivity contribution >= 4 is 5.91 Å². The van der Waals surface area contributed by atoms with Gasteiger partial charge in [-0.05, 0) is 25.3 Å². The molecule has 3 heteroatoms. The molecule has 0 aromatic rings. The maximum Gasteiger partial charge on any atom is 0.222 e. The zero-order valence-electron chi connectivity index (χ0n) is 11.8. The lowest BCUT2D eigenvalue weighted by molar-refractivity contribution is -0.130. The Bertz CT molecular complexity index is 255. The first kappa shape index (κ1) is 13.9. The number of likely N-dealkylation sites (tertiary alicyclic amines) is 1. The van der Waals surface area contributed by atoms with Crippen LogP contribution in [0, 0.1) is 5.92 Å². The van der Waals surface area contributed by atoms with E-state index in [4.69, 9.17) is 0 Å². The van der Waals surface area contributed by atoms with Gasteiger partial charge in [-0.25, -0.2) is 0 Å². The molecule has 2 aliphatic rings. The molecule has 0 saturated carbocycles. The van der Waals surface area contributed by atoms with Gasteiger partial charge < -0.3 is 10.2 Å². The van der Waals surface area contributed by atoms with Gasteiger partial charge in [-0.1, -0.05) is 39.0 Å². The molecule has 104 valence electrons. The molecule has 2 fully saturated rings. The normalized spacial score (nSPS) is 26.6. The van der Waals surface area contributed by atoms with Crippen LogP contribution in [0.5, 0.6) is 0 Å². The van der Waals surface area contributed by atoms with E-state index in [2.05, 4.69) is 17.1 Å². The quantitative estimate of drug-likeness (QED) is 0.706. The fraction of sp³-hybridized carbons (Fsp3) is 0.933. The molecule has 0 aromatic heterocycles. The molecule has 2 saturated heterocycles. The second-order valence-corrected chi connectivity index (χ2v) is 5.93. The van der Waals surface area contributed by atoms with Gasteiger partial charge in [0.2, 0.25) is 5.91 Å². The summed E-state index contributed by atoms with van der Waals surface area (Å²) in [5, 5.41) is 3.50. The maximum atomic E-state index is 12.1. The van der Waals surface area contributed by atoms with E-state index in [1.165, 1.54) is 38.5 Å². The zero-order chi connectivity index (χ0) is 12.8. The topological polar surface area (TPSA) is 32.3 Å². The van der Waals surface area contributed by atoms with Gasteiger partial charge >= 0.3 is 0 Å². The van der Waals surface area contributed by atoms with Gasteiger partial charge in [0.25, 0.3) is 0 Å². The number of hydrogen-bond donors (Lipinski definition) is 1. The Balaban J connectivity index is 1.55. The van der Waals surface area contributed by atoms with Crippen molar-refractivity contribution in [3.8, 4) is 0 Å². The predicted molar refractivity (Wildman–Crippen MR) is 74.5 cm³/mol. The van der Waals surface area contributed by atoms with Crippen LogP contribution in [0.4, 0.5) is 0 Å². The van der Waals surface area contributed by atoms with Crippen LogP contribution in [0.2, 0.25) is 0 Å². The first-order chi connectivity index (χ1) is 8.81. The number of rotatable bonds is 7. The Morgan fingerprint density at radius 3 is 2.72 bits per heavy atom. The fourth-order valence-electron chi connectivity index (χ4n) is 3.27. The molecule has 0 unspecified atom stereocenters. The van der Waals surface area contributed by atoms with Crippen molar-refractivity contribution in [3.05, 3.63) is 0 Å². The predicted octanol–water partition coefficient (Wildman–Crippen LogP) is 2.56. The Morgan fingerprint density at radius 1 is 1.17 bits per heavy atom. The molecule has 0 aliphatic carbocycles. The summed E-state index contributed by atoms with van der Waals surface area (Å²) >= 11 is 0. The number of amides is 1. The van der Waals surface area contributed by atoms with E-state index < -0.39 is 0 Å². The molecule has 2 aliphatic heterocycles. The van der Waals surface area contributed by atoms with E-state index in [-0.39, 0.29) is 0 Å². The molecule has 0 radical (unpaired) electrons. The molecule has 1 N–H and O–H groups in total. The van der Waals surface area contributed by atoms with Crippen LogP contribution in [0.15, 0.2) is 0 Å². The Labute approximate surface area is 111 Å². The summed E-state index contributed by atoms with van der Waals surface area (Å²) in [5.74, 6) is 1.13. The third-order valence-electron chi connectivity index (χ3n) is 4.46. The van der Waals surface area contributed by atoms with Crippen molar-refractivity contribution in [2.45, 2.75) is 64.3 Å². The zero-order valence-corrected chi connectivity index (χ0v) is 11.8. The van der Waals surface area contributed by atoms with Crippen molar-refractivity contribution in [3.63, 3.8) is 0 Å². The van der Waals surface area contributed by atoms with E-state index in [0.717, 1.165) is 38.4 Å². The van der Waals surface area contributed by atoms with Crippen LogP contribution < -0.4 is 5.32 Å². The number of carbonyl (C=O) groups is 1. The van der Waals surface area contributed by atoms with Crippen LogP contribution in [0.25, 0.3) is 0 Å². The van der Waals surface area contributed by atoms with Crippen molar-refractivity contribution < 1.29 is 4.79 Å². The second kappa shape index (κ2) is 7.13. The monoisotopic (exact) mass is 252 g/mol. The van der Waals surface area contributed by atoms with Crippen molar-refractivity contribution in [1.82, 2.24) is 10.2 Å². The van der Waals surface area contributed by atoms with E-state index in [9.17, 15) is 4.79 Å². The van der Waals surface area contributed by atoms with Crippen molar-refractivity contribution in [1.29, 1.82) is 0 Å². The SMILES string of the molecule is CCCCCCCCC(=O)N1C[C@@H]2CCN[C@@H]2C1. The molecule has 1 amide bonds. The lowest BCUT2D eigenvalue weighted by atomic mass is 10.1. The highest BCUT2D eigenvalue weighted by atomic mass is 16.2. The summed E-state index contributed by atoms with van der Waals surface area (Å²) in [6.07, 6.45) is 9.61. The summed E-state index contributed by atoms with van der Waals surface area (Å²) in [7, 11) is 0. The minimum Gasteiger partial charge on any atom is -0.341 e.